The predicted molar refractivity (Wildman–Crippen MR) is 111 cm³/mol. The van der Waals surface area contributed by atoms with Gasteiger partial charge in [0, 0.05) is 19.8 Å². The lowest BCUT2D eigenvalue weighted by Crippen LogP contribution is -2.21. The van der Waals surface area contributed by atoms with Crippen LogP contribution in [0, 0.1) is 0 Å². The maximum atomic E-state index is 12.5. The second-order valence-corrected chi connectivity index (χ2v) is 7.03. The molecule has 0 aliphatic heterocycles. The van der Waals surface area contributed by atoms with Crippen LogP contribution in [-0.2, 0) is 27.2 Å². The smallest absolute Gasteiger partial charge is 0.302 e. The Labute approximate surface area is 176 Å². The molecule has 0 saturated heterocycles. The highest BCUT2D eigenvalue weighted by atomic mass is 16.5. The van der Waals surface area contributed by atoms with E-state index >= 15 is 0 Å². The first kappa shape index (κ1) is 23.1. The summed E-state index contributed by atoms with van der Waals surface area (Å²) in [6, 6.07) is 10.0. The SMILES string of the molecule is COc1cc(CCC(=O)C[C@H](CCc2ccc(O)c(OC)c2)OC(C)=O)ccc1O. The number of phenolic OH excluding ortho intramolecular Hbond substituents is 2. The molecule has 0 fully saturated rings. The number of Topliss-reactive ketones (excluding diaryl/α,β-unsaturated/α-hetero) is 1. The summed E-state index contributed by atoms with van der Waals surface area (Å²) in [5.74, 6) is 0.391. The number of ether oxygens (including phenoxy) is 3. The number of esters is 1. The van der Waals surface area contributed by atoms with E-state index in [0.29, 0.717) is 37.2 Å². The van der Waals surface area contributed by atoms with E-state index in [0.717, 1.165) is 11.1 Å². The molecule has 0 bridgehead atoms. The second kappa shape index (κ2) is 11.1. The summed E-state index contributed by atoms with van der Waals surface area (Å²) in [5.41, 5.74) is 1.78. The zero-order valence-corrected chi connectivity index (χ0v) is 17.5. The topological polar surface area (TPSA) is 102 Å². The molecule has 7 nitrogen and oxygen atoms in total. The van der Waals surface area contributed by atoms with Crippen LogP contribution in [-0.4, -0.2) is 42.3 Å². The first-order valence-corrected chi connectivity index (χ1v) is 9.73. The van der Waals surface area contributed by atoms with E-state index in [-0.39, 0.29) is 23.7 Å². The Balaban J connectivity index is 1.93. The van der Waals surface area contributed by atoms with Crippen molar-refractivity contribution in [2.24, 2.45) is 0 Å². The largest absolute Gasteiger partial charge is 0.504 e. The van der Waals surface area contributed by atoms with Crippen molar-refractivity contribution < 1.29 is 34.0 Å². The number of hydrogen-bond donors (Lipinski definition) is 2. The van der Waals surface area contributed by atoms with Crippen molar-refractivity contribution in [3.8, 4) is 23.0 Å². The Morgan fingerprint density at radius 3 is 1.93 bits per heavy atom. The van der Waals surface area contributed by atoms with Crippen LogP contribution in [0.5, 0.6) is 23.0 Å². The molecule has 7 heteroatoms. The van der Waals surface area contributed by atoms with Gasteiger partial charge in [-0.05, 0) is 54.7 Å². The molecular formula is C23H28O7. The van der Waals surface area contributed by atoms with Crippen LogP contribution in [0.4, 0.5) is 0 Å². The Morgan fingerprint density at radius 2 is 1.43 bits per heavy atom. The van der Waals surface area contributed by atoms with Crippen LogP contribution in [0.25, 0.3) is 0 Å². The van der Waals surface area contributed by atoms with E-state index in [1.54, 1.807) is 30.3 Å². The van der Waals surface area contributed by atoms with Gasteiger partial charge in [-0.2, -0.15) is 0 Å². The zero-order valence-electron chi connectivity index (χ0n) is 17.5. The van der Waals surface area contributed by atoms with E-state index in [1.807, 2.05) is 0 Å². The third-order valence-corrected chi connectivity index (χ3v) is 4.72. The lowest BCUT2D eigenvalue weighted by atomic mass is 9.99. The highest BCUT2D eigenvalue weighted by molar-refractivity contribution is 5.79. The van der Waals surface area contributed by atoms with Crippen molar-refractivity contribution in [1.82, 2.24) is 0 Å². The van der Waals surface area contributed by atoms with Gasteiger partial charge >= 0.3 is 5.97 Å². The molecule has 0 radical (unpaired) electrons. The van der Waals surface area contributed by atoms with Crippen LogP contribution in [0.15, 0.2) is 36.4 Å². The molecule has 162 valence electrons. The maximum absolute atomic E-state index is 12.5. The van der Waals surface area contributed by atoms with Gasteiger partial charge in [0.25, 0.3) is 0 Å². The van der Waals surface area contributed by atoms with Crippen molar-refractivity contribution in [3.05, 3.63) is 47.5 Å². The molecule has 0 aromatic heterocycles. The molecule has 0 saturated carbocycles. The number of hydrogen-bond acceptors (Lipinski definition) is 7. The second-order valence-electron chi connectivity index (χ2n) is 7.03. The Kier molecular flexibility index (Phi) is 8.53. The van der Waals surface area contributed by atoms with Gasteiger partial charge in [0.1, 0.15) is 11.9 Å². The van der Waals surface area contributed by atoms with Gasteiger partial charge in [0.2, 0.25) is 0 Å². The van der Waals surface area contributed by atoms with Crippen LogP contribution >= 0.6 is 0 Å². The normalized spacial score (nSPS) is 11.6. The highest BCUT2D eigenvalue weighted by Crippen LogP contribution is 2.28. The van der Waals surface area contributed by atoms with E-state index < -0.39 is 12.1 Å². The fraction of sp³-hybridized carbons (Fsp3) is 0.391. The number of carbonyl (C=O) groups excluding carboxylic acids is 2. The minimum absolute atomic E-state index is 0.0171. The first-order valence-electron chi connectivity index (χ1n) is 9.73. The summed E-state index contributed by atoms with van der Waals surface area (Å²) in [4.78, 5) is 23.9. The van der Waals surface area contributed by atoms with E-state index in [1.165, 1.54) is 27.2 Å². The van der Waals surface area contributed by atoms with Crippen molar-refractivity contribution in [3.63, 3.8) is 0 Å². The molecule has 30 heavy (non-hydrogen) atoms. The molecule has 2 aromatic rings. The zero-order chi connectivity index (χ0) is 22.1. The predicted octanol–water partition coefficient (Wildman–Crippen LogP) is 3.57. The number of phenols is 2. The van der Waals surface area contributed by atoms with Crippen LogP contribution in [0.3, 0.4) is 0 Å². The molecule has 2 N–H and O–H groups in total. The molecule has 0 heterocycles. The lowest BCUT2D eigenvalue weighted by molar-refractivity contribution is -0.147. The van der Waals surface area contributed by atoms with Crippen molar-refractivity contribution in [2.75, 3.05) is 14.2 Å². The molecule has 0 spiro atoms. The number of methoxy groups -OCH3 is 2. The highest BCUT2D eigenvalue weighted by Gasteiger charge is 2.18. The Hall–Kier alpha value is -3.22. The molecular weight excluding hydrogens is 388 g/mol. The quantitative estimate of drug-likeness (QED) is 0.540. The minimum Gasteiger partial charge on any atom is -0.504 e. The summed E-state index contributed by atoms with van der Waals surface area (Å²) >= 11 is 0. The molecule has 2 rings (SSSR count). The van der Waals surface area contributed by atoms with Gasteiger partial charge in [-0.25, -0.2) is 0 Å². The molecule has 2 aromatic carbocycles. The Bertz CT molecular complexity index is 876. The van der Waals surface area contributed by atoms with Crippen molar-refractivity contribution >= 4 is 11.8 Å². The van der Waals surface area contributed by atoms with Gasteiger partial charge < -0.3 is 24.4 Å². The molecule has 1 atom stereocenters. The summed E-state index contributed by atoms with van der Waals surface area (Å²) in [7, 11) is 2.94. The van der Waals surface area contributed by atoms with Crippen LogP contribution in [0.2, 0.25) is 0 Å². The summed E-state index contributed by atoms with van der Waals surface area (Å²) < 4.78 is 15.5. The van der Waals surface area contributed by atoms with Gasteiger partial charge in [-0.3, -0.25) is 9.59 Å². The minimum atomic E-state index is -0.524. The van der Waals surface area contributed by atoms with Crippen molar-refractivity contribution in [2.45, 2.75) is 45.1 Å². The number of ketones is 1. The average Bonchev–Trinajstić information content (AvgIpc) is 2.72. The Morgan fingerprint density at radius 1 is 0.900 bits per heavy atom. The maximum Gasteiger partial charge on any atom is 0.302 e. The number of carbonyl (C=O) groups is 2. The summed E-state index contributed by atoms with van der Waals surface area (Å²) in [5, 5.41) is 19.3. The van der Waals surface area contributed by atoms with E-state index in [9.17, 15) is 19.8 Å². The van der Waals surface area contributed by atoms with Gasteiger partial charge in [-0.15, -0.1) is 0 Å². The number of aromatic hydroxyl groups is 2. The summed E-state index contributed by atoms with van der Waals surface area (Å²) in [6.07, 6.45) is 1.44. The average molecular weight is 416 g/mol. The van der Waals surface area contributed by atoms with Gasteiger partial charge in [-0.1, -0.05) is 12.1 Å². The molecule has 0 aliphatic carbocycles. The fourth-order valence-corrected chi connectivity index (χ4v) is 3.16. The third kappa shape index (κ3) is 6.99. The standard InChI is InChI=1S/C23H28O7/c1-15(24)30-19(9-5-17-7-11-21(27)23(13-17)29-3)14-18(25)8-4-16-6-10-20(26)22(12-16)28-2/h6-7,10-13,19,26-27H,4-5,8-9,14H2,1-3H3/t19-/m0/s1. The van der Waals surface area contributed by atoms with E-state index in [2.05, 4.69) is 0 Å². The molecule has 0 unspecified atom stereocenters. The monoisotopic (exact) mass is 416 g/mol. The van der Waals surface area contributed by atoms with Crippen molar-refractivity contribution in [1.29, 1.82) is 0 Å². The number of benzene rings is 2. The summed E-state index contributed by atoms with van der Waals surface area (Å²) in [6.45, 7) is 1.32. The van der Waals surface area contributed by atoms with Crippen LogP contribution < -0.4 is 9.47 Å². The first-order chi connectivity index (χ1) is 14.3. The number of rotatable bonds is 11. The molecule has 0 aliphatic rings. The van der Waals surface area contributed by atoms with Gasteiger partial charge in [0.15, 0.2) is 23.0 Å². The van der Waals surface area contributed by atoms with E-state index in [4.69, 9.17) is 14.2 Å². The molecule has 0 amide bonds. The lowest BCUT2D eigenvalue weighted by Gasteiger charge is -2.17. The number of aryl methyl sites for hydroxylation is 2. The third-order valence-electron chi connectivity index (χ3n) is 4.72. The van der Waals surface area contributed by atoms with Gasteiger partial charge in [0.05, 0.1) is 14.2 Å². The fourth-order valence-electron chi connectivity index (χ4n) is 3.16. The van der Waals surface area contributed by atoms with Crippen LogP contribution in [0.1, 0.15) is 37.3 Å².